The average molecular weight is 467 g/mol. The van der Waals surface area contributed by atoms with Gasteiger partial charge in [-0.2, -0.15) is 10.2 Å². The van der Waals surface area contributed by atoms with Gasteiger partial charge in [0, 0.05) is 24.1 Å². The lowest BCUT2D eigenvalue weighted by molar-refractivity contribution is 0.0992. The highest BCUT2D eigenvalue weighted by Gasteiger charge is 2.16. The number of amides is 2. The maximum absolute atomic E-state index is 12.7. The summed E-state index contributed by atoms with van der Waals surface area (Å²) in [6.07, 6.45) is 1.58. The number of anilines is 2. The lowest BCUT2D eigenvalue weighted by Crippen LogP contribution is -2.17. The van der Waals surface area contributed by atoms with Crippen LogP contribution in [0.4, 0.5) is 11.4 Å². The van der Waals surface area contributed by atoms with E-state index in [0.29, 0.717) is 40.9 Å². The van der Waals surface area contributed by atoms with Crippen LogP contribution in [0.3, 0.4) is 0 Å². The maximum atomic E-state index is 12.7. The zero-order chi connectivity index (χ0) is 23.5. The van der Waals surface area contributed by atoms with Crippen molar-refractivity contribution in [2.45, 2.75) is 33.9 Å². The number of furan rings is 1. The first-order valence-electron chi connectivity index (χ1n) is 10.4. The Kier molecular flexibility index (Phi) is 6.32. The molecule has 2 N–H and O–H groups in total. The Morgan fingerprint density at radius 3 is 2.42 bits per heavy atom. The van der Waals surface area contributed by atoms with E-state index in [9.17, 15) is 9.59 Å². The first-order chi connectivity index (χ1) is 15.9. The van der Waals surface area contributed by atoms with Crippen LogP contribution in [0, 0.1) is 13.8 Å². The van der Waals surface area contributed by atoms with Gasteiger partial charge >= 0.3 is 0 Å². The summed E-state index contributed by atoms with van der Waals surface area (Å²) in [6, 6.07) is 11.9. The van der Waals surface area contributed by atoms with Crippen molar-refractivity contribution in [2.24, 2.45) is 0 Å². The van der Waals surface area contributed by atoms with Crippen molar-refractivity contribution in [3.8, 4) is 0 Å². The summed E-state index contributed by atoms with van der Waals surface area (Å²) in [7, 11) is 0. The number of halogens is 1. The zero-order valence-corrected chi connectivity index (χ0v) is 19.2. The fourth-order valence-electron chi connectivity index (χ4n) is 3.40. The predicted molar refractivity (Wildman–Crippen MR) is 125 cm³/mol. The van der Waals surface area contributed by atoms with Crippen LogP contribution in [0.1, 0.15) is 45.1 Å². The summed E-state index contributed by atoms with van der Waals surface area (Å²) < 4.78 is 9.04. The number of aromatic nitrogens is 4. The fourth-order valence-corrected chi connectivity index (χ4v) is 3.54. The molecule has 9 nitrogen and oxygen atoms in total. The van der Waals surface area contributed by atoms with E-state index in [1.165, 1.54) is 0 Å². The lowest BCUT2D eigenvalue weighted by atomic mass is 10.2. The Bertz CT molecular complexity index is 1320. The van der Waals surface area contributed by atoms with E-state index in [2.05, 4.69) is 20.8 Å². The Morgan fingerprint density at radius 2 is 1.76 bits per heavy atom. The van der Waals surface area contributed by atoms with Crippen molar-refractivity contribution in [3.05, 3.63) is 82.3 Å². The van der Waals surface area contributed by atoms with Gasteiger partial charge in [-0.25, -0.2) is 0 Å². The van der Waals surface area contributed by atoms with E-state index in [-0.39, 0.29) is 11.7 Å². The van der Waals surface area contributed by atoms with Gasteiger partial charge in [-0.1, -0.05) is 17.7 Å². The molecule has 4 rings (SSSR count). The molecule has 0 unspecified atom stereocenters. The minimum Gasteiger partial charge on any atom is -0.454 e. The van der Waals surface area contributed by atoms with Crippen LogP contribution in [0.25, 0.3) is 0 Å². The van der Waals surface area contributed by atoms with Crippen LogP contribution in [-0.4, -0.2) is 31.4 Å². The fraction of sp³-hybridized carbons (Fsp3) is 0.217. The Hall–Kier alpha value is -3.85. The molecular weight excluding hydrogens is 444 g/mol. The lowest BCUT2D eigenvalue weighted by Gasteiger charge is -2.09. The highest BCUT2D eigenvalue weighted by Crippen LogP contribution is 2.21. The Balaban J connectivity index is 1.42. The molecule has 0 radical (unpaired) electrons. The molecular formula is C23H23ClN6O3. The standard InChI is InChI=1S/C23H23ClN6O3/c1-4-29-19(10-11-25-29)22(31)26-16-6-5-7-17(12-16)27-23(32)20-9-8-18(33-20)13-30-15(3)21(24)14(2)28-30/h5-12H,4,13H2,1-3H3,(H,26,31)(H,27,32). The minimum absolute atomic E-state index is 0.166. The highest BCUT2D eigenvalue weighted by atomic mass is 35.5. The zero-order valence-electron chi connectivity index (χ0n) is 18.4. The molecule has 10 heteroatoms. The molecule has 2 amide bonds. The predicted octanol–water partition coefficient (Wildman–Crippen LogP) is 4.52. The summed E-state index contributed by atoms with van der Waals surface area (Å²) >= 11 is 6.19. The number of hydrogen-bond donors (Lipinski definition) is 2. The van der Waals surface area contributed by atoms with Crippen molar-refractivity contribution >= 4 is 34.8 Å². The van der Waals surface area contributed by atoms with E-state index >= 15 is 0 Å². The molecule has 3 heterocycles. The quantitative estimate of drug-likeness (QED) is 0.416. The SMILES string of the molecule is CCn1nccc1C(=O)Nc1cccc(NC(=O)c2ccc(Cn3nc(C)c(Cl)c3C)o2)c1. The van der Waals surface area contributed by atoms with Gasteiger partial charge < -0.3 is 15.1 Å². The van der Waals surface area contributed by atoms with Gasteiger partial charge in [-0.3, -0.25) is 19.0 Å². The topological polar surface area (TPSA) is 107 Å². The van der Waals surface area contributed by atoms with Crippen molar-refractivity contribution in [1.82, 2.24) is 19.6 Å². The molecule has 0 fully saturated rings. The van der Waals surface area contributed by atoms with Gasteiger partial charge in [0.15, 0.2) is 5.76 Å². The van der Waals surface area contributed by atoms with Gasteiger partial charge in [-0.15, -0.1) is 0 Å². The largest absolute Gasteiger partial charge is 0.454 e. The van der Waals surface area contributed by atoms with E-state index in [1.54, 1.807) is 58.0 Å². The molecule has 0 saturated carbocycles. The molecule has 1 aromatic carbocycles. The molecule has 33 heavy (non-hydrogen) atoms. The van der Waals surface area contributed by atoms with Gasteiger partial charge in [0.2, 0.25) is 0 Å². The number of carbonyl (C=O) groups is 2. The first kappa shape index (κ1) is 22.3. The number of carbonyl (C=O) groups excluding carboxylic acids is 2. The van der Waals surface area contributed by atoms with Gasteiger partial charge in [-0.05, 0) is 57.2 Å². The van der Waals surface area contributed by atoms with Crippen LogP contribution in [0.15, 0.2) is 53.1 Å². The number of hydrogen-bond acceptors (Lipinski definition) is 5. The smallest absolute Gasteiger partial charge is 0.291 e. The Morgan fingerprint density at radius 1 is 1.03 bits per heavy atom. The molecule has 170 valence electrons. The highest BCUT2D eigenvalue weighted by molar-refractivity contribution is 6.31. The third-order valence-electron chi connectivity index (χ3n) is 5.11. The molecule has 0 atom stereocenters. The normalized spacial score (nSPS) is 10.9. The summed E-state index contributed by atoms with van der Waals surface area (Å²) in [5.41, 5.74) is 3.09. The molecule has 3 aromatic heterocycles. The molecule has 0 bridgehead atoms. The third kappa shape index (κ3) is 4.83. The van der Waals surface area contributed by atoms with E-state index in [0.717, 1.165) is 11.4 Å². The van der Waals surface area contributed by atoms with E-state index in [4.69, 9.17) is 16.0 Å². The van der Waals surface area contributed by atoms with Crippen molar-refractivity contribution < 1.29 is 14.0 Å². The molecule has 0 aliphatic heterocycles. The van der Waals surface area contributed by atoms with Crippen LogP contribution < -0.4 is 10.6 Å². The van der Waals surface area contributed by atoms with E-state index in [1.807, 2.05) is 20.8 Å². The second kappa shape index (κ2) is 9.33. The van der Waals surface area contributed by atoms with Crippen molar-refractivity contribution in [1.29, 1.82) is 0 Å². The number of nitrogens with one attached hydrogen (secondary N) is 2. The summed E-state index contributed by atoms with van der Waals surface area (Å²) in [6.45, 7) is 6.57. The minimum atomic E-state index is -0.403. The average Bonchev–Trinajstić information content (AvgIpc) is 3.51. The van der Waals surface area contributed by atoms with Crippen molar-refractivity contribution in [3.63, 3.8) is 0 Å². The summed E-state index contributed by atoms with van der Waals surface area (Å²) in [4.78, 5) is 25.2. The molecule has 0 aliphatic carbocycles. The third-order valence-corrected chi connectivity index (χ3v) is 5.66. The van der Waals surface area contributed by atoms with Gasteiger partial charge in [0.25, 0.3) is 11.8 Å². The van der Waals surface area contributed by atoms with Crippen LogP contribution >= 0.6 is 11.6 Å². The van der Waals surface area contributed by atoms with E-state index < -0.39 is 5.91 Å². The number of nitrogens with zero attached hydrogens (tertiary/aromatic N) is 4. The second-order valence-corrected chi connectivity index (χ2v) is 7.81. The number of benzene rings is 1. The molecule has 0 spiro atoms. The number of aryl methyl sites for hydroxylation is 2. The molecule has 0 saturated heterocycles. The maximum Gasteiger partial charge on any atom is 0.291 e. The van der Waals surface area contributed by atoms with Gasteiger partial charge in [0.05, 0.1) is 23.0 Å². The van der Waals surface area contributed by atoms with Crippen LogP contribution in [0.2, 0.25) is 5.02 Å². The second-order valence-electron chi connectivity index (χ2n) is 7.43. The van der Waals surface area contributed by atoms with Gasteiger partial charge in [0.1, 0.15) is 11.5 Å². The first-order valence-corrected chi connectivity index (χ1v) is 10.8. The summed E-state index contributed by atoms with van der Waals surface area (Å²) in [5.74, 6) is 0.0628. The van der Waals surface area contributed by atoms with Crippen LogP contribution in [0.5, 0.6) is 0 Å². The molecule has 4 aromatic rings. The van der Waals surface area contributed by atoms with Crippen molar-refractivity contribution in [2.75, 3.05) is 10.6 Å². The number of rotatable bonds is 7. The Labute approximate surface area is 195 Å². The van der Waals surface area contributed by atoms with Crippen LogP contribution in [-0.2, 0) is 13.1 Å². The monoisotopic (exact) mass is 466 g/mol. The molecule has 0 aliphatic rings. The summed E-state index contributed by atoms with van der Waals surface area (Å²) in [5, 5.41) is 14.7.